The molecule has 4 rings (SSSR count). The summed E-state index contributed by atoms with van der Waals surface area (Å²) in [6.45, 7) is 9.32. The van der Waals surface area contributed by atoms with E-state index < -0.39 is 11.7 Å². The molecule has 0 saturated carbocycles. The van der Waals surface area contributed by atoms with Crippen LogP contribution in [0.5, 0.6) is 0 Å². The standard InChI is InChI=1S/C20H23ClN6O3/c1-14(2)11-23-7-9-24(10-8-23)18(28)13-26-19(29)22-17-12-25(20(30)27(17)26)16-5-3-15(21)4-6-16/h3-6H,1,7-13H2,2H3. The maximum Gasteiger partial charge on any atom is 0.365 e. The van der Waals surface area contributed by atoms with Gasteiger partial charge in [-0.05, 0) is 31.2 Å². The summed E-state index contributed by atoms with van der Waals surface area (Å²) in [4.78, 5) is 47.5. The van der Waals surface area contributed by atoms with Crippen LogP contribution in [0, 0.1) is 0 Å². The second-order valence-corrected chi connectivity index (χ2v) is 8.08. The molecule has 0 spiro atoms. The van der Waals surface area contributed by atoms with E-state index in [9.17, 15) is 14.4 Å². The highest BCUT2D eigenvalue weighted by atomic mass is 35.5. The van der Waals surface area contributed by atoms with E-state index in [1.54, 1.807) is 29.2 Å². The highest BCUT2D eigenvalue weighted by Crippen LogP contribution is 2.24. The van der Waals surface area contributed by atoms with E-state index in [-0.39, 0.29) is 19.0 Å². The molecule has 0 bridgehead atoms. The molecule has 0 aliphatic carbocycles. The Kier molecular flexibility index (Phi) is 5.48. The number of carbonyl (C=O) groups is 2. The molecule has 1 aromatic heterocycles. The number of halogens is 1. The molecule has 30 heavy (non-hydrogen) atoms. The van der Waals surface area contributed by atoms with E-state index >= 15 is 0 Å². The largest absolute Gasteiger partial charge is 0.365 e. The van der Waals surface area contributed by atoms with E-state index in [0.29, 0.717) is 29.6 Å². The first kappa shape index (κ1) is 20.4. The number of rotatable bonds is 5. The summed E-state index contributed by atoms with van der Waals surface area (Å²) in [5, 5.41) is 0.564. The van der Waals surface area contributed by atoms with Crippen molar-refractivity contribution < 1.29 is 9.59 Å². The Morgan fingerprint density at radius 2 is 1.77 bits per heavy atom. The van der Waals surface area contributed by atoms with Crippen molar-refractivity contribution in [3.05, 3.63) is 57.7 Å². The molecule has 0 unspecified atom stereocenters. The van der Waals surface area contributed by atoms with Gasteiger partial charge in [0, 0.05) is 43.4 Å². The Bertz CT molecular complexity index is 1050. The number of benzene rings is 1. The molecular weight excluding hydrogens is 408 g/mol. The number of hydrogen-bond acceptors (Lipinski definition) is 5. The number of amides is 2. The average Bonchev–Trinajstić information content (AvgIpc) is 3.18. The van der Waals surface area contributed by atoms with Crippen LogP contribution in [0.4, 0.5) is 10.5 Å². The number of carbonyl (C=O) groups excluding carboxylic acids is 2. The average molecular weight is 431 g/mol. The highest BCUT2D eigenvalue weighted by molar-refractivity contribution is 6.30. The molecule has 1 fully saturated rings. The predicted octanol–water partition coefficient (Wildman–Crippen LogP) is 1.41. The Hall–Kier alpha value is -2.91. The van der Waals surface area contributed by atoms with Gasteiger partial charge in [0.2, 0.25) is 5.91 Å². The van der Waals surface area contributed by atoms with Gasteiger partial charge in [-0.25, -0.2) is 14.3 Å². The number of aromatic nitrogens is 3. The topological polar surface area (TPSA) is 83.7 Å². The summed E-state index contributed by atoms with van der Waals surface area (Å²) in [6.07, 6.45) is 0. The lowest BCUT2D eigenvalue weighted by molar-refractivity contribution is -0.133. The fraction of sp³-hybridized carbons (Fsp3) is 0.400. The summed E-state index contributed by atoms with van der Waals surface area (Å²) >= 11 is 5.92. The smallest absolute Gasteiger partial charge is 0.339 e. The first-order valence-electron chi connectivity index (χ1n) is 9.74. The van der Waals surface area contributed by atoms with Gasteiger partial charge in [0.05, 0.1) is 6.54 Å². The van der Waals surface area contributed by atoms with Gasteiger partial charge >= 0.3 is 11.7 Å². The number of fused-ring (bicyclic) bond motifs is 1. The number of anilines is 1. The molecule has 0 atom stereocenters. The zero-order valence-electron chi connectivity index (χ0n) is 16.8. The van der Waals surface area contributed by atoms with E-state index in [1.807, 2.05) is 6.92 Å². The molecule has 9 nitrogen and oxygen atoms in total. The molecule has 0 radical (unpaired) electrons. The summed E-state index contributed by atoms with van der Waals surface area (Å²) in [6, 6.07) is 6.42. The van der Waals surface area contributed by atoms with Crippen LogP contribution >= 0.6 is 11.6 Å². The van der Waals surface area contributed by atoms with Crippen LogP contribution in [0.3, 0.4) is 0 Å². The van der Waals surface area contributed by atoms with Crippen molar-refractivity contribution in [2.45, 2.75) is 20.0 Å². The fourth-order valence-corrected chi connectivity index (χ4v) is 3.93. The summed E-state index contributed by atoms with van der Waals surface area (Å²) in [5.74, 6) is 0.117. The van der Waals surface area contributed by atoms with E-state index in [1.165, 1.54) is 9.58 Å². The lowest BCUT2D eigenvalue weighted by Crippen LogP contribution is -2.50. The molecule has 2 aliphatic heterocycles. The lowest BCUT2D eigenvalue weighted by Gasteiger charge is -2.34. The van der Waals surface area contributed by atoms with Crippen molar-refractivity contribution in [2.75, 3.05) is 37.6 Å². The molecule has 158 valence electrons. The second-order valence-electron chi connectivity index (χ2n) is 7.64. The zero-order valence-corrected chi connectivity index (χ0v) is 17.5. The van der Waals surface area contributed by atoms with Crippen LogP contribution in [0.1, 0.15) is 12.7 Å². The highest BCUT2D eigenvalue weighted by Gasteiger charge is 2.34. The third-order valence-electron chi connectivity index (χ3n) is 5.28. The van der Waals surface area contributed by atoms with Gasteiger partial charge in [-0.3, -0.25) is 14.6 Å². The van der Waals surface area contributed by atoms with E-state index in [2.05, 4.69) is 16.5 Å². The van der Waals surface area contributed by atoms with E-state index in [4.69, 9.17) is 11.6 Å². The molecule has 10 heteroatoms. The molecule has 3 heterocycles. The maximum atomic E-state index is 12.9. The minimum Gasteiger partial charge on any atom is -0.339 e. The maximum absolute atomic E-state index is 12.9. The zero-order chi connectivity index (χ0) is 21.4. The van der Waals surface area contributed by atoms with Crippen molar-refractivity contribution in [3.63, 3.8) is 0 Å². The molecule has 1 aromatic carbocycles. The SMILES string of the molecule is C=C(C)CN1CCN(C(=O)Cn2c(=O)nc3n2C(=O)N(c2ccc(Cl)cc2)C3)CC1. The van der Waals surface area contributed by atoms with Crippen molar-refractivity contribution in [1.82, 2.24) is 24.1 Å². The van der Waals surface area contributed by atoms with Crippen molar-refractivity contribution in [1.29, 1.82) is 0 Å². The Balaban J connectivity index is 1.47. The lowest BCUT2D eigenvalue weighted by atomic mass is 10.2. The molecule has 0 N–H and O–H groups in total. The van der Waals surface area contributed by atoms with Crippen molar-refractivity contribution in [2.24, 2.45) is 0 Å². The number of hydrogen-bond donors (Lipinski definition) is 0. The first-order chi connectivity index (χ1) is 14.3. The van der Waals surface area contributed by atoms with E-state index in [0.717, 1.165) is 29.9 Å². The summed E-state index contributed by atoms with van der Waals surface area (Å²) in [5.41, 5.74) is 1.14. The minimum atomic E-state index is -0.594. The van der Waals surface area contributed by atoms with Gasteiger partial charge in [-0.15, -0.1) is 0 Å². The summed E-state index contributed by atoms with van der Waals surface area (Å²) < 4.78 is 2.32. The van der Waals surface area contributed by atoms with Crippen LogP contribution in [0.15, 0.2) is 41.2 Å². The minimum absolute atomic E-state index is 0.163. The molecule has 2 aromatic rings. The van der Waals surface area contributed by atoms with Gasteiger partial charge in [0.15, 0.2) is 5.82 Å². The van der Waals surface area contributed by atoms with Crippen LogP contribution in [0.2, 0.25) is 5.02 Å². The fourth-order valence-electron chi connectivity index (χ4n) is 3.81. The molecule has 2 amide bonds. The number of nitrogens with zero attached hydrogens (tertiary/aromatic N) is 6. The monoisotopic (exact) mass is 430 g/mol. The van der Waals surface area contributed by atoms with Gasteiger partial charge in [0.25, 0.3) is 0 Å². The van der Waals surface area contributed by atoms with Gasteiger partial charge in [0.1, 0.15) is 6.54 Å². The molecular formula is C20H23ClN6O3. The molecule has 2 aliphatic rings. The Morgan fingerprint density at radius 3 is 2.40 bits per heavy atom. The third-order valence-corrected chi connectivity index (χ3v) is 5.54. The van der Waals surface area contributed by atoms with Crippen LogP contribution in [0.25, 0.3) is 0 Å². The van der Waals surface area contributed by atoms with Crippen LogP contribution < -0.4 is 10.6 Å². The van der Waals surface area contributed by atoms with Crippen LogP contribution in [-0.2, 0) is 17.9 Å². The Morgan fingerprint density at radius 1 is 1.10 bits per heavy atom. The normalized spacial score (nSPS) is 16.8. The van der Waals surface area contributed by atoms with Crippen LogP contribution in [-0.4, -0.2) is 68.8 Å². The summed E-state index contributed by atoms with van der Waals surface area (Å²) in [7, 11) is 0. The van der Waals surface area contributed by atoms with Gasteiger partial charge in [-0.2, -0.15) is 9.67 Å². The van der Waals surface area contributed by atoms with Gasteiger partial charge in [-0.1, -0.05) is 23.8 Å². The van der Waals surface area contributed by atoms with Gasteiger partial charge < -0.3 is 4.90 Å². The second kappa shape index (κ2) is 8.08. The number of piperazine rings is 1. The predicted molar refractivity (Wildman–Crippen MR) is 113 cm³/mol. The van der Waals surface area contributed by atoms with Crippen molar-refractivity contribution in [3.8, 4) is 0 Å². The third kappa shape index (κ3) is 3.90. The quantitative estimate of drug-likeness (QED) is 0.670. The first-order valence-corrected chi connectivity index (χ1v) is 10.1. The Labute approximate surface area is 178 Å². The molecule has 1 saturated heterocycles. The van der Waals surface area contributed by atoms with Crippen molar-refractivity contribution >= 4 is 29.2 Å².